The minimum atomic E-state index is -0.404. The molecule has 17 heavy (non-hydrogen) atoms. The number of methoxy groups -OCH3 is 1. The van der Waals surface area contributed by atoms with Crippen molar-refractivity contribution in [3.8, 4) is 0 Å². The largest absolute Gasteiger partial charge is 0.465 e. The maximum absolute atomic E-state index is 11.5. The summed E-state index contributed by atoms with van der Waals surface area (Å²) in [5, 5.41) is 3.25. The number of anilines is 2. The van der Waals surface area contributed by atoms with Crippen molar-refractivity contribution in [2.24, 2.45) is 0 Å². The molecule has 0 saturated heterocycles. The molecule has 0 aliphatic carbocycles. The Hall–Kier alpha value is -1.36. The van der Waals surface area contributed by atoms with Crippen LogP contribution in [0.1, 0.15) is 15.9 Å². The molecule has 1 rings (SSSR count). The normalized spacial score (nSPS) is 10.1. The van der Waals surface area contributed by atoms with Crippen molar-refractivity contribution < 1.29 is 9.53 Å². The van der Waals surface area contributed by atoms with Gasteiger partial charge in [0.15, 0.2) is 0 Å². The summed E-state index contributed by atoms with van der Waals surface area (Å²) >= 11 is 1.76. The molecule has 0 amide bonds. The molecule has 3 N–H and O–H groups in total. The third-order valence-corrected chi connectivity index (χ3v) is 3.04. The van der Waals surface area contributed by atoms with Crippen LogP contribution < -0.4 is 11.1 Å². The average molecular weight is 254 g/mol. The summed E-state index contributed by atoms with van der Waals surface area (Å²) < 4.78 is 4.70. The van der Waals surface area contributed by atoms with E-state index in [0.29, 0.717) is 11.3 Å². The lowest BCUT2D eigenvalue weighted by atomic mass is 10.1. The molecular weight excluding hydrogens is 236 g/mol. The average Bonchev–Trinajstić information content (AvgIpc) is 2.32. The zero-order chi connectivity index (χ0) is 12.8. The van der Waals surface area contributed by atoms with E-state index in [1.807, 2.05) is 13.0 Å². The molecule has 0 aromatic heterocycles. The van der Waals surface area contributed by atoms with Crippen LogP contribution in [-0.2, 0) is 4.74 Å². The van der Waals surface area contributed by atoms with Gasteiger partial charge in [-0.2, -0.15) is 11.8 Å². The molecule has 0 aliphatic heterocycles. The number of carbonyl (C=O) groups excluding carboxylic acids is 1. The highest BCUT2D eigenvalue weighted by atomic mass is 32.2. The van der Waals surface area contributed by atoms with Gasteiger partial charge in [0.05, 0.1) is 12.7 Å². The van der Waals surface area contributed by atoms with Crippen LogP contribution in [0.3, 0.4) is 0 Å². The Morgan fingerprint density at radius 1 is 1.53 bits per heavy atom. The number of ether oxygens (including phenoxy) is 1. The molecule has 0 atom stereocenters. The van der Waals surface area contributed by atoms with Crippen LogP contribution in [0.25, 0.3) is 0 Å². The van der Waals surface area contributed by atoms with E-state index in [2.05, 4.69) is 11.6 Å². The molecular formula is C12H18N2O2S. The lowest BCUT2D eigenvalue weighted by Crippen LogP contribution is -2.10. The van der Waals surface area contributed by atoms with Gasteiger partial charge >= 0.3 is 5.97 Å². The Labute approximate surface area is 106 Å². The summed E-state index contributed by atoms with van der Waals surface area (Å²) in [5.41, 5.74) is 8.51. The number of benzene rings is 1. The first kappa shape index (κ1) is 13.7. The van der Waals surface area contributed by atoms with Crippen LogP contribution >= 0.6 is 11.8 Å². The van der Waals surface area contributed by atoms with E-state index in [1.54, 1.807) is 17.8 Å². The maximum atomic E-state index is 11.5. The van der Waals surface area contributed by atoms with E-state index in [9.17, 15) is 4.79 Å². The topological polar surface area (TPSA) is 64.3 Å². The summed E-state index contributed by atoms with van der Waals surface area (Å²) in [7, 11) is 1.35. The lowest BCUT2D eigenvalue weighted by molar-refractivity contribution is 0.0602. The Morgan fingerprint density at radius 2 is 2.24 bits per heavy atom. The quantitative estimate of drug-likeness (QED) is 0.479. The minimum Gasteiger partial charge on any atom is -0.465 e. The molecule has 0 fully saturated rings. The van der Waals surface area contributed by atoms with Crippen molar-refractivity contribution in [3.63, 3.8) is 0 Å². The Bertz CT molecular complexity index is 408. The third kappa shape index (κ3) is 3.56. The zero-order valence-electron chi connectivity index (χ0n) is 10.4. The number of carbonyl (C=O) groups is 1. The predicted molar refractivity (Wildman–Crippen MR) is 73.8 cm³/mol. The highest BCUT2D eigenvalue weighted by Crippen LogP contribution is 2.23. The van der Waals surface area contributed by atoms with Crippen molar-refractivity contribution in [3.05, 3.63) is 23.3 Å². The molecule has 5 heteroatoms. The van der Waals surface area contributed by atoms with Gasteiger partial charge in [-0.1, -0.05) is 0 Å². The molecule has 4 nitrogen and oxygen atoms in total. The molecule has 1 aromatic rings. The molecule has 0 bridgehead atoms. The van der Waals surface area contributed by atoms with Crippen molar-refractivity contribution in [1.29, 1.82) is 0 Å². The van der Waals surface area contributed by atoms with E-state index < -0.39 is 5.97 Å². The van der Waals surface area contributed by atoms with Gasteiger partial charge in [-0.15, -0.1) is 0 Å². The van der Waals surface area contributed by atoms with E-state index >= 15 is 0 Å². The Kier molecular flexibility index (Phi) is 5.15. The number of nitrogens with one attached hydrogen (secondary N) is 1. The molecule has 94 valence electrons. The van der Waals surface area contributed by atoms with E-state index in [1.165, 1.54) is 7.11 Å². The van der Waals surface area contributed by atoms with Gasteiger partial charge in [-0.3, -0.25) is 0 Å². The minimum absolute atomic E-state index is 0.404. The van der Waals surface area contributed by atoms with Crippen LogP contribution in [0.15, 0.2) is 12.1 Å². The van der Waals surface area contributed by atoms with E-state index in [4.69, 9.17) is 10.5 Å². The summed E-state index contributed by atoms with van der Waals surface area (Å²) in [6, 6.07) is 3.66. The van der Waals surface area contributed by atoms with Crippen molar-refractivity contribution in [2.45, 2.75) is 6.92 Å². The third-order valence-electron chi connectivity index (χ3n) is 2.43. The Morgan fingerprint density at radius 3 is 2.82 bits per heavy atom. The maximum Gasteiger partial charge on any atom is 0.340 e. The second-order valence-electron chi connectivity index (χ2n) is 3.67. The molecule has 0 heterocycles. The summed E-state index contributed by atoms with van der Waals surface area (Å²) in [6.45, 7) is 2.73. The number of nitrogens with two attached hydrogens (primary N) is 1. The molecule has 0 aliphatic rings. The molecule has 0 unspecified atom stereocenters. The molecule has 1 aromatic carbocycles. The lowest BCUT2D eigenvalue weighted by Gasteiger charge is -2.11. The summed E-state index contributed by atoms with van der Waals surface area (Å²) in [4.78, 5) is 11.5. The van der Waals surface area contributed by atoms with Gasteiger partial charge < -0.3 is 15.8 Å². The van der Waals surface area contributed by atoms with E-state index in [-0.39, 0.29) is 0 Å². The molecule has 0 radical (unpaired) electrons. The number of nitrogen functional groups attached to an aromatic ring is 1. The first-order chi connectivity index (χ1) is 8.10. The number of thioether (sulfide) groups is 1. The standard InChI is InChI=1S/C12H18N2O2S/c1-8-6-9(14-4-5-17-3)7-10(11(8)13)12(15)16-2/h6-7,14H,4-5,13H2,1-3H3. The molecule has 0 spiro atoms. The highest BCUT2D eigenvalue weighted by Gasteiger charge is 2.13. The number of hydrogen-bond acceptors (Lipinski definition) is 5. The first-order valence-corrected chi connectivity index (χ1v) is 6.70. The smallest absolute Gasteiger partial charge is 0.340 e. The fourth-order valence-corrected chi connectivity index (χ4v) is 1.78. The van der Waals surface area contributed by atoms with Crippen LogP contribution in [-0.4, -0.2) is 31.6 Å². The number of hydrogen-bond donors (Lipinski definition) is 2. The molecule has 0 saturated carbocycles. The SMILES string of the molecule is COC(=O)c1cc(NCCSC)cc(C)c1N. The zero-order valence-corrected chi connectivity index (χ0v) is 11.2. The Balaban J connectivity index is 2.93. The van der Waals surface area contributed by atoms with Crippen molar-refractivity contribution in [1.82, 2.24) is 0 Å². The number of rotatable bonds is 5. The number of esters is 1. The fourth-order valence-electron chi connectivity index (χ4n) is 1.48. The second kappa shape index (κ2) is 6.39. The van der Waals surface area contributed by atoms with E-state index in [0.717, 1.165) is 23.5 Å². The van der Waals surface area contributed by atoms with Gasteiger partial charge in [0.1, 0.15) is 0 Å². The van der Waals surface area contributed by atoms with Gasteiger partial charge in [-0.05, 0) is 30.9 Å². The number of aryl methyl sites for hydroxylation is 1. The predicted octanol–water partition coefficient (Wildman–Crippen LogP) is 2.14. The van der Waals surface area contributed by atoms with Crippen molar-refractivity contribution in [2.75, 3.05) is 36.7 Å². The van der Waals surface area contributed by atoms with Gasteiger partial charge in [0, 0.05) is 23.7 Å². The summed E-state index contributed by atoms with van der Waals surface area (Å²) in [5.74, 6) is 0.607. The summed E-state index contributed by atoms with van der Waals surface area (Å²) in [6.07, 6.45) is 2.05. The van der Waals surface area contributed by atoms with Gasteiger partial charge in [0.25, 0.3) is 0 Å². The van der Waals surface area contributed by atoms with Gasteiger partial charge in [-0.25, -0.2) is 4.79 Å². The van der Waals surface area contributed by atoms with Crippen LogP contribution in [0.2, 0.25) is 0 Å². The van der Waals surface area contributed by atoms with Crippen molar-refractivity contribution >= 4 is 29.1 Å². The fraction of sp³-hybridized carbons (Fsp3) is 0.417. The van der Waals surface area contributed by atoms with Gasteiger partial charge in [0.2, 0.25) is 0 Å². The van der Waals surface area contributed by atoms with Crippen LogP contribution in [0, 0.1) is 6.92 Å². The second-order valence-corrected chi connectivity index (χ2v) is 4.65. The highest BCUT2D eigenvalue weighted by molar-refractivity contribution is 7.98. The first-order valence-electron chi connectivity index (χ1n) is 5.31. The van der Waals surface area contributed by atoms with Crippen LogP contribution in [0.5, 0.6) is 0 Å². The monoisotopic (exact) mass is 254 g/mol. The van der Waals surface area contributed by atoms with Crippen LogP contribution in [0.4, 0.5) is 11.4 Å².